The smallest absolute Gasteiger partial charge is 0.475 e. The minimum atomic E-state index is -5.08. The average Bonchev–Trinajstić information content (AvgIpc) is 3.32. The number of ether oxygens (including phenoxy) is 1. The zero-order chi connectivity index (χ0) is 29.2. The van der Waals surface area contributed by atoms with Crippen molar-refractivity contribution < 1.29 is 55.7 Å². The SMILES string of the molecule is O=C(NCc1cccnc1)[C@H]1C[C@@H]2CCN(c3ccncn3)C[C@H]2O1.O=C(O)C(F)(F)F.O=C(O)C(F)(F)F. The molecule has 0 aliphatic carbocycles. The molecule has 0 radical (unpaired) electrons. The van der Waals surface area contributed by atoms with Crippen molar-refractivity contribution in [2.45, 2.75) is 43.9 Å². The van der Waals surface area contributed by atoms with E-state index in [9.17, 15) is 31.1 Å². The number of rotatable bonds is 4. The Morgan fingerprint density at radius 2 is 1.67 bits per heavy atom. The van der Waals surface area contributed by atoms with Gasteiger partial charge in [0.15, 0.2) is 0 Å². The van der Waals surface area contributed by atoms with Gasteiger partial charge in [0.25, 0.3) is 0 Å². The lowest BCUT2D eigenvalue weighted by Crippen LogP contribution is -2.43. The third-order valence-electron chi connectivity index (χ3n) is 5.41. The van der Waals surface area contributed by atoms with Crippen LogP contribution in [0, 0.1) is 5.92 Å². The fourth-order valence-electron chi connectivity index (χ4n) is 3.58. The lowest BCUT2D eigenvalue weighted by Gasteiger charge is -2.34. The molecule has 2 aliphatic rings. The number of carboxylic acid groups (broad SMARTS) is 2. The number of hydrogen-bond donors (Lipinski definition) is 3. The molecule has 0 saturated carbocycles. The van der Waals surface area contributed by atoms with E-state index in [2.05, 4.69) is 25.2 Å². The van der Waals surface area contributed by atoms with Gasteiger partial charge in [-0.25, -0.2) is 19.6 Å². The molecule has 1 amide bonds. The Balaban J connectivity index is 0.000000317. The van der Waals surface area contributed by atoms with Crippen molar-refractivity contribution in [3.8, 4) is 0 Å². The van der Waals surface area contributed by atoms with Crippen LogP contribution in [0.3, 0.4) is 0 Å². The van der Waals surface area contributed by atoms with Crippen molar-refractivity contribution in [2.24, 2.45) is 5.92 Å². The fourth-order valence-corrected chi connectivity index (χ4v) is 3.58. The lowest BCUT2D eigenvalue weighted by molar-refractivity contribution is -0.193. The van der Waals surface area contributed by atoms with E-state index in [0.717, 1.165) is 37.3 Å². The molecule has 4 heterocycles. The summed E-state index contributed by atoms with van der Waals surface area (Å²) in [4.78, 5) is 44.7. The van der Waals surface area contributed by atoms with E-state index in [1.54, 1.807) is 24.9 Å². The van der Waals surface area contributed by atoms with Gasteiger partial charge in [-0.15, -0.1) is 0 Å². The van der Waals surface area contributed by atoms with Gasteiger partial charge in [0.1, 0.15) is 18.2 Å². The van der Waals surface area contributed by atoms with Crippen LogP contribution in [-0.4, -0.2) is 80.7 Å². The van der Waals surface area contributed by atoms with Crippen LogP contribution in [0.4, 0.5) is 32.2 Å². The topological polar surface area (TPSA) is 155 Å². The Labute approximate surface area is 216 Å². The van der Waals surface area contributed by atoms with Crippen molar-refractivity contribution in [1.82, 2.24) is 20.3 Å². The van der Waals surface area contributed by atoms with E-state index < -0.39 is 24.3 Å². The van der Waals surface area contributed by atoms with Crippen LogP contribution < -0.4 is 10.2 Å². The highest BCUT2D eigenvalue weighted by atomic mass is 19.4. The van der Waals surface area contributed by atoms with Crippen LogP contribution in [0.1, 0.15) is 18.4 Å². The number of halogens is 6. The van der Waals surface area contributed by atoms with Crippen LogP contribution in [0.25, 0.3) is 0 Å². The molecule has 2 fully saturated rings. The van der Waals surface area contributed by atoms with Gasteiger partial charge in [-0.2, -0.15) is 26.3 Å². The molecule has 214 valence electrons. The summed E-state index contributed by atoms with van der Waals surface area (Å²) in [5.41, 5.74) is 0.987. The quantitative estimate of drug-likeness (QED) is 0.470. The number of hydrogen-bond acceptors (Lipinski definition) is 8. The van der Waals surface area contributed by atoms with Gasteiger partial charge in [0.2, 0.25) is 5.91 Å². The van der Waals surface area contributed by atoms with E-state index >= 15 is 0 Å². The largest absolute Gasteiger partial charge is 0.490 e. The summed E-state index contributed by atoms with van der Waals surface area (Å²) >= 11 is 0. The van der Waals surface area contributed by atoms with E-state index in [0.29, 0.717) is 12.5 Å². The number of carboxylic acids is 2. The Hall–Kier alpha value is -4.02. The number of carbonyl (C=O) groups is 3. The fraction of sp³-hybridized carbons (Fsp3) is 0.455. The third-order valence-corrected chi connectivity index (χ3v) is 5.41. The summed E-state index contributed by atoms with van der Waals surface area (Å²) in [7, 11) is 0. The number of pyridine rings is 1. The number of carbonyl (C=O) groups excluding carboxylic acids is 1. The number of aliphatic carboxylic acids is 2. The first-order valence-corrected chi connectivity index (χ1v) is 11.1. The first-order chi connectivity index (χ1) is 18.2. The number of amides is 1. The van der Waals surface area contributed by atoms with Crippen LogP contribution in [0.2, 0.25) is 0 Å². The minimum Gasteiger partial charge on any atom is -0.475 e. The maximum atomic E-state index is 12.4. The normalized spacial score (nSPS) is 20.4. The number of fused-ring (bicyclic) bond motifs is 1. The molecule has 39 heavy (non-hydrogen) atoms. The highest BCUT2D eigenvalue weighted by molar-refractivity contribution is 5.81. The molecule has 3 atom stereocenters. The number of piperidine rings is 1. The van der Waals surface area contributed by atoms with E-state index in [1.165, 1.54) is 0 Å². The zero-order valence-electron chi connectivity index (χ0n) is 19.9. The molecule has 17 heteroatoms. The maximum absolute atomic E-state index is 12.4. The van der Waals surface area contributed by atoms with Crippen LogP contribution in [0.5, 0.6) is 0 Å². The number of nitrogens with zero attached hydrogens (tertiary/aromatic N) is 4. The Kier molecular flexibility index (Phi) is 10.9. The first-order valence-electron chi connectivity index (χ1n) is 11.1. The van der Waals surface area contributed by atoms with Gasteiger partial charge in [-0.3, -0.25) is 9.78 Å². The van der Waals surface area contributed by atoms with Crippen LogP contribution >= 0.6 is 0 Å². The van der Waals surface area contributed by atoms with E-state index in [-0.39, 0.29) is 18.1 Å². The molecule has 4 rings (SSSR count). The monoisotopic (exact) mass is 567 g/mol. The molecule has 2 aromatic heterocycles. The number of anilines is 1. The standard InChI is InChI=1S/C18H21N5O2.2C2HF3O2/c24-18(21-10-13-2-1-5-19-9-13)15-8-14-4-7-23(11-16(14)25-15)17-3-6-20-12-22-17;2*3-2(4,5)1(6)7/h1-3,5-6,9,12,14-16H,4,7-8,10-11H2,(H,21,24);2*(H,6,7)/t14-,15+,16+;;/m0../s1. The summed E-state index contributed by atoms with van der Waals surface area (Å²) in [6.45, 7) is 2.19. The molecule has 2 aliphatic heterocycles. The Morgan fingerprint density at radius 3 is 2.18 bits per heavy atom. The second-order valence-corrected chi connectivity index (χ2v) is 8.15. The lowest BCUT2D eigenvalue weighted by atomic mass is 9.91. The minimum absolute atomic E-state index is 0.0353. The molecule has 0 aromatic carbocycles. The summed E-state index contributed by atoms with van der Waals surface area (Å²) in [6.07, 6.45) is -1.85. The number of nitrogens with one attached hydrogen (secondary N) is 1. The second kappa shape index (κ2) is 13.7. The van der Waals surface area contributed by atoms with Gasteiger partial charge in [0.05, 0.1) is 6.10 Å². The number of aromatic nitrogens is 3. The highest BCUT2D eigenvalue weighted by Crippen LogP contribution is 2.34. The molecule has 0 bridgehead atoms. The average molecular weight is 567 g/mol. The first kappa shape index (κ1) is 31.2. The van der Waals surface area contributed by atoms with Crippen LogP contribution in [-0.2, 0) is 25.7 Å². The number of alkyl halides is 6. The van der Waals surface area contributed by atoms with E-state index in [1.807, 2.05) is 18.2 Å². The predicted molar refractivity (Wildman–Crippen MR) is 119 cm³/mol. The van der Waals surface area contributed by atoms with Crippen molar-refractivity contribution in [3.05, 3.63) is 48.7 Å². The summed E-state index contributed by atoms with van der Waals surface area (Å²) in [6, 6.07) is 5.72. The van der Waals surface area contributed by atoms with Crippen molar-refractivity contribution in [3.63, 3.8) is 0 Å². The van der Waals surface area contributed by atoms with Gasteiger partial charge in [-0.1, -0.05) is 6.07 Å². The van der Waals surface area contributed by atoms with Gasteiger partial charge in [0, 0.05) is 38.2 Å². The van der Waals surface area contributed by atoms with Gasteiger partial charge in [-0.05, 0) is 36.5 Å². The highest BCUT2D eigenvalue weighted by Gasteiger charge is 2.42. The van der Waals surface area contributed by atoms with Gasteiger partial charge < -0.3 is 25.2 Å². The van der Waals surface area contributed by atoms with Crippen LogP contribution in [0.15, 0.2) is 43.1 Å². The maximum Gasteiger partial charge on any atom is 0.490 e. The molecule has 2 aromatic rings. The molecular weight excluding hydrogens is 544 g/mol. The summed E-state index contributed by atoms with van der Waals surface area (Å²) in [5.74, 6) is -4.19. The predicted octanol–water partition coefficient (Wildman–Crippen LogP) is 2.44. The van der Waals surface area contributed by atoms with E-state index in [4.69, 9.17) is 24.5 Å². The van der Waals surface area contributed by atoms with Gasteiger partial charge >= 0.3 is 24.3 Å². The van der Waals surface area contributed by atoms with Crippen molar-refractivity contribution in [1.29, 1.82) is 0 Å². The summed E-state index contributed by atoms with van der Waals surface area (Å²) < 4.78 is 69.5. The third kappa shape index (κ3) is 10.3. The molecule has 2 saturated heterocycles. The summed E-state index contributed by atoms with van der Waals surface area (Å²) in [5, 5.41) is 17.2. The molecule has 3 N–H and O–H groups in total. The van der Waals surface area contributed by atoms with Crippen molar-refractivity contribution in [2.75, 3.05) is 18.0 Å². The molecule has 11 nitrogen and oxygen atoms in total. The van der Waals surface area contributed by atoms with Crippen molar-refractivity contribution >= 4 is 23.7 Å². The molecule has 0 unspecified atom stereocenters. The Bertz CT molecular complexity index is 1070. The molecule has 0 spiro atoms. The second-order valence-electron chi connectivity index (χ2n) is 8.15. The Morgan fingerprint density at radius 1 is 1.03 bits per heavy atom. The molecular formula is C22H23F6N5O6. The zero-order valence-corrected chi connectivity index (χ0v) is 19.9.